The number of hydrogen-bond donors (Lipinski definition) is 1. The van der Waals surface area contributed by atoms with E-state index in [9.17, 15) is 9.59 Å². The number of benzene rings is 1. The van der Waals surface area contributed by atoms with Gasteiger partial charge in [-0.1, -0.05) is 30.3 Å². The molecule has 0 aliphatic rings. The molecule has 0 saturated carbocycles. The second-order valence-corrected chi connectivity index (χ2v) is 7.61. The van der Waals surface area contributed by atoms with E-state index < -0.39 is 0 Å². The fraction of sp³-hybridized carbons (Fsp3) is 0.316. The molecule has 3 rings (SSSR count). The minimum absolute atomic E-state index is 0.117. The van der Waals surface area contributed by atoms with E-state index in [1.54, 1.807) is 4.90 Å². The van der Waals surface area contributed by atoms with Gasteiger partial charge in [0, 0.05) is 24.0 Å². The third-order valence-electron chi connectivity index (χ3n) is 4.16. The predicted octanol–water partition coefficient (Wildman–Crippen LogP) is 3.75. The summed E-state index contributed by atoms with van der Waals surface area (Å²) in [6.45, 7) is 5.38. The molecule has 0 atom stereocenters. The lowest BCUT2D eigenvalue weighted by Crippen LogP contribution is -2.31. The van der Waals surface area contributed by atoms with E-state index in [2.05, 4.69) is 9.97 Å². The van der Waals surface area contributed by atoms with E-state index in [1.807, 2.05) is 49.6 Å². The van der Waals surface area contributed by atoms with Crippen LogP contribution in [-0.2, 0) is 10.5 Å². The topological polar surface area (TPSA) is 66.1 Å². The van der Waals surface area contributed by atoms with Crippen LogP contribution in [0.2, 0.25) is 0 Å². The molecule has 0 aliphatic heterocycles. The standard InChI is InChI=1S/C19H21N3O2S2/c1-3-22(4-2)16(23)12-25-11-15-20-18(24)17-14(10-26-19(17)21-15)13-8-6-5-7-9-13/h5-10H,3-4,11-12H2,1-2H3,(H,20,21,24). The Hall–Kier alpha value is -2.12. The van der Waals surface area contributed by atoms with Gasteiger partial charge in [0.2, 0.25) is 5.91 Å². The fourth-order valence-electron chi connectivity index (χ4n) is 2.79. The molecular formula is C19H21N3O2S2. The molecular weight excluding hydrogens is 366 g/mol. The van der Waals surface area contributed by atoms with Crippen LogP contribution in [0.5, 0.6) is 0 Å². The molecule has 5 nitrogen and oxygen atoms in total. The van der Waals surface area contributed by atoms with E-state index in [4.69, 9.17) is 0 Å². The van der Waals surface area contributed by atoms with Crippen molar-refractivity contribution in [3.05, 3.63) is 51.9 Å². The van der Waals surface area contributed by atoms with Gasteiger partial charge in [-0.05, 0) is 19.4 Å². The van der Waals surface area contributed by atoms with Gasteiger partial charge in [0.05, 0.1) is 16.9 Å². The van der Waals surface area contributed by atoms with Crippen molar-refractivity contribution in [2.75, 3.05) is 18.8 Å². The van der Waals surface area contributed by atoms with Crippen LogP contribution in [0.4, 0.5) is 0 Å². The van der Waals surface area contributed by atoms with Crippen LogP contribution in [0.15, 0.2) is 40.5 Å². The molecule has 0 saturated heterocycles. The number of fused-ring (bicyclic) bond motifs is 1. The normalized spacial score (nSPS) is 11.0. The molecule has 0 bridgehead atoms. The average Bonchev–Trinajstić information content (AvgIpc) is 3.08. The van der Waals surface area contributed by atoms with Crippen LogP contribution in [0.3, 0.4) is 0 Å². The highest BCUT2D eigenvalue weighted by atomic mass is 32.2. The Labute approximate surface area is 160 Å². The first-order valence-corrected chi connectivity index (χ1v) is 10.6. The Morgan fingerprint density at radius 1 is 1.23 bits per heavy atom. The molecule has 2 heterocycles. The summed E-state index contributed by atoms with van der Waals surface area (Å²) in [6, 6.07) is 9.85. The summed E-state index contributed by atoms with van der Waals surface area (Å²) >= 11 is 2.95. The fourth-order valence-corrected chi connectivity index (χ4v) is 4.55. The molecule has 2 aromatic heterocycles. The number of aromatic amines is 1. The van der Waals surface area contributed by atoms with Crippen molar-refractivity contribution in [3.63, 3.8) is 0 Å². The predicted molar refractivity (Wildman–Crippen MR) is 110 cm³/mol. The highest BCUT2D eigenvalue weighted by molar-refractivity contribution is 7.99. The Balaban J connectivity index is 1.76. The molecule has 3 aromatic rings. The number of nitrogens with one attached hydrogen (secondary N) is 1. The highest BCUT2D eigenvalue weighted by Gasteiger charge is 2.14. The van der Waals surface area contributed by atoms with Crippen molar-refractivity contribution in [3.8, 4) is 11.1 Å². The second kappa shape index (κ2) is 8.51. The average molecular weight is 388 g/mol. The molecule has 0 fully saturated rings. The summed E-state index contributed by atoms with van der Waals surface area (Å²) < 4.78 is 0. The van der Waals surface area contributed by atoms with E-state index in [1.165, 1.54) is 23.1 Å². The number of H-pyrrole nitrogens is 1. The summed E-state index contributed by atoms with van der Waals surface area (Å²) in [5.74, 6) is 1.63. The van der Waals surface area contributed by atoms with Crippen molar-refractivity contribution in [1.29, 1.82) is 0 Å². The van der Waals surface area contributed by atoms with Gasteiger partial charge in [0.15, 0.2) is 0 Å². The summed E-state index contributed by atoms with van der Waals surface area (Å²) in [5, 5.41) is 2.61. The highest BCUT2D eigenvalue weighted by Crippen LogP contribution is 2.30. The van der Waals surface area contributed by atoms with Crippen LogP contribution in [0, 0.1) is 0 Å². The number of thioether (sulfide) groups is 1. The monoisotopic (exact) mass is 387 g/mol. The van der Waals surface area contributed by atoms with Gasteiger partial charge in [-0.15, -0.1) is 23.1 Å². The van der Waals surface area contributed by atoms with Crippen LogP contribution in [-0.4, -0.2) is 39.6 Å². The summed E-state index contributed by atoms with van der Waals surface area (Å²) in [4.78, 5) is 34.6. The molecule has 0 unspecified atom stereocenters. The zero-order valence-electron chi connectivity index (χ0n) is 14.8. The van der Waals surface area contributed by atoms with E-state index >= 15 is 0 Å². The number of carbonyl (C=O) groups excluding carboxylic acids is 1. The molecule has 0 aliphatic carbocycles. The Morgan fingerprint density at radius 2 is 1.96 bits per heavy atom. The van der Waals surface area contributed by atoms with E-state index in [-0.39, 0.29) is 11.5 Å². The van der Waals surface area contributed by atoms with Crippen LogP contribution in [0.25, 0.3) is 21.3 Å². The maximum Gasteiger partial charge on any atom is 0.260 e. The molecule has 136 valence electrons. The Bertz CT molecular complexity index is 946. The molecule has 1 amide bonds. The van der Waals surface area contributed by atoms with Gasteiger partial charge in [-0.2, -0.15) is 0 Å². The molecule has 1 N–H and O–H groups in total. The van der Waals surface area contributed by atoms with E-state index in [0.717, 1.165) is 16.0 Å². The Morgan fingerprint density at radius 3 is 2.65 bits per heavy atom. The number of aromatic nitrogens is 2. The Kier molecular flexibility index (Phi) is 6.11. The number of hydrogen-bond acceptors (Lipinski definition) is 5. The lowest BCUT2D eigenvalue weighted by molar-refractivity contribution is -0.127. The zero-order chi connectivity index (χ0) is 18.5. The smallest absolute Gasteiger partial charge is 0.260 e. The number of carbonyl (C=O) groups is 1. The first kappa shape index (κ1) is 18.7. The van der Waals surface area contributed by atoms with Crippen molar-refractivity contribution in [1.82, 2.24) is 14.9 Å². The molecule has 1 aromatic carbocycles. The van der Waals surface area contributed by atoms with Gasteiger partial charge >= 0.3 is 0 Å². The first-order valence-electron chi connectivity index (χ1n) is 8.55. The van der Waals surface area contributed by atoms with Gasteiger partial charge < -0.3 is 9.88 Å². The van der Waals surface area contributed by atoms with Crippen LogP contribution >= 0.6 is 23.1 Å². The molecule has 26 heavy (non-hydrogen) atoms. The van der Waals surface area contributed by atoms with Crippen molar-refractivity contribution >= 4 is 39.2 Å². The summed E-state index contributed by atoms with van der Waals surface area (Å²) in [7, 11) is 0. The largest absolute Gasteiger partial charge is 0.343 e. The van der Waals surface area contributed by atoms with Crippen LogP contribution in [0.1, 0.15) is 19.7 Å². The third-order valence-corrected chi connectivity index (χ3v) is 5.96. The zero-order valence-corrected chi connectivity index (χ0v) is 16.5. The molecule has 0 spiro atoms. The summed E-state index contributed by atoms with van der Waals surface area (Å²) in [5.41, 5.74) is 1.80. The van der Waals surface area contributed by atoms with E-state index in [0.29, 0.717) is 35.8 Å². The van der Waals surface area contributed by atoms with Gasteiger partial charge in [-0.3, -0.25) is 9.59 Å². The lowest BCUT2D eigenvalue weighted by Gasteiger charge is -2.17. The van der Waals surface area contributed by atoms with Crippen LogP contribution < -0.4 is 5.56 Å². The SMILES string of the molecule is CCN(CC)C(=O)CSCc1nc2scc(-c3ccccc3)c2c(=O)[nH]1. The van der Waals surface area contributed by atoms with Crippen molar-refractivity contribution < 1.29 is 4.79 Å². The quantitative estimate of drug-likeness (QED) is 0.670. The van der Waals surface area contributed by atoms with Gasteiger partial charge in [-0.25, -0.2) is 4.98 Å². The summed E-state index contributed by atoms with van der Waals surface area (Å²) in [6.07, 6.45) is 0. The molecule has 0 radical (unpaired) electrons. The third kappa shape index (κ3) is 3.99. The number of amides is 1. The lowest BCUT2D eigenvalue weighted by atomic mass is 10.1. The van der Waals surface area contributed by atoms with Gasteiger partial charge in [0.25, 0.3) is 5.56 Å². The maximum atomic E-state index is 12.6. The van der Waals surface area contributed by atoms with Gasteiger partial charge in [0.1, 0.15) is 10.7 Å². The minimum atomic E-state index is -0.124. The van der Waals surface area contributed by atoms with Crippen molar-refractivity contribution in [2.45, 2.75) is 19.6 Å². The first-order chi connectivity index (χ1) is 12.6. The minimum Gasteiger partial charge on any atom is -0.343 e. The maximum absolute atomic E-state index is 12.6. The number of thiophene rings is 1. The van der Waals surface area contributed by atoms with Crippen molar-refractivity contribution in [2.24, 2.45) is 0 Å². The number of rotatable bonds is 7. The second-order valence-electron chi connectivity index (χ2n) is 5.77. The number of nitrogens with zero attached hydrogens (tertiary/aromatic N) is 2. The molecule has 7 heteroatoms.